The molecule has 2 aliphatic rings. The van der Waals surface area contributed by atoms with Crippen LogP contribution in [0.25, 0.3) is 0 Å². The van der Waals surface area contributed by atoms with E-state index in [1.165, 1.54) is 0 Å². The van der Waals surface area contributed by atoms with Gasteiger partial charge < -0.3 is 19.9 Å². The fourth-order valence-electron chi connectivity index (χ4n) is 4.36. The summed E-state index contributed by atoms with van der Waals surface area (Å²) in [7, 11) is 1.61. The number of likely N-dealkylation sites (N-methyl/N-ethyl adjacent to an activating group) is 1. The second kappa shape index (κ2) is 7.75. The quantitative estimate of drug-likeness (QED) is 0.824. The minimum atomic E-state index is -0.980. The van der Waals surface area contributed by atoms with Gasteiger partial charge in [0.25, 0.3) is 0 Å². The van der Waals surface area contributed by atoms with Crippen LogP contribution in [0.3, 0.4) is 0 Å². The highest BCUT2D eigenvalue weighted by Gasteiger charge is 2.59. The largest absolute Gasteiger partial charge is 0.388 e. The number of hydrogen-bond acceptors (Lipinski definition) is 5. The summed E-state index contributed by atoms with van der Waals surface area (Å²) >= 11 is 0. The lowest BCUT2D eigenvalue weighted by Gasteiger charge is -2.59. The molecule has 0 aliphatic carbocycles. The molecule has 2 N–H and O–H groups in total. The van der Waals surface area contributed by atoms with E-state index in [1.807, 2.05) is 58.0 Å². The van der Waals surface area contributed by atoms with Gasteiger partial charge in [-0.25, -0.2) is 0 Å². The van der Waals surface area contributed by atoms with Crippen LogP contribution in [-0.4, -0.2) is 64.6 Å². The van der Waals surface area contributed by atoms with Gasteiger partial charge in [-0.1, -0.05) is 37.3 Å². The first-order valence-corrected chi connectivity index (χ1v) is 10.2. The molecule has 0 bridgehead atoms. The van der Waals surface area contributed by atoms with Crippen molar-refractivity contribution >= 4 is 5.91 Å². The lowest BCUT2D eigenvalue weighted by Crippen LogP contribution is -2.75. The van der Waals surface area contributed by atoms with Gasteiger partial charge in [-0.05, 0) is 39.7 Å². The molecule has 2 heterocycles. The lowest BCUT2D eigenvalue weighted by atomic mass is 9.80. The Morgan fingerprint density at radius 2 is 1.68 bits per heavy atom. The van der Waals surface area contributed by atoms with E-state index in [0.717, 1.165) is 12.0 Å². The fourth-order valence-corrected chi connectivity index (χ4v) is 4.36. The highest BCUT2D eigenvalue weighted by molar-refractivity contribution is 5.82. The SMILES string of the molecule is CC[C@@H]1[C@H]2OC(C)(C)C(C)(C)O[C@@H]2[C@H](O)[C@@H](C(=O)NC)N1Cc1ccccc1. The summed E-state index contributed by atoms with van der Waals surface area (Å²) in [5.74, 6) is -0.202. The fraction of sp³-hybridized carbons (Fsp3) is 0.682. The van der Waals surface area contributed by atoms with E-state index in [4.69, 9.17) is 9.47 Å². The highest BCUT2D eigenvalue weighted by Crippen LogP contribution is 2.44. The van der Waals surface area contributed by atoms with E-state index in [0.29, 0.717) is 6.54 Å². The Bertz CT molecular complexity index is 691. The van der Waals surface area contributed by atoms with Gasteiger partial charge >= 0.3 is 0 Å². The average molecular weight is 391 g/mol. The van der Waals surface area contributed by atoms with Crippen molar-refractivity contribution in [3.8, 4) is 0 Å². The maximum Gasteiger partial charge on any atom is 0.239 e. The van der Waals surface area contributed by atoms with Crippen molar-refractivity contribution in [2.24, 2.45) is 0 Å². The first-order chi connectivity index (χ1) is 13.1. The maximum absolute atomic E-state index is 12.8. The number of aliphatic hydroxyl groups is 1. The number of benzene rings is 1. The number of carbonyl (C=O) groups is 1. The van der Waals surface area contributed by atoms with Crippen LogP contribution in [0.1, 0.15) is 46.6 Å². The minimum Gasteiger partial charge on any atom is -0.388 e. The zero-order valence-electron chi connectivity index (χ0n) is 17.8. The Hall–Kier alpha value is -1.47. The zero-order chi connectivity index (χ0) is 20.7. The second-order valence-corrected chi connectivity index (χ2v) is 8.87. The Kier molecular flexibility index (Phi) is 5.88. The molecule has 0 radical (unpaired) electrons. The second-order valence-electron chi connectivity index (χ2n) is 8.87. The van der Waals surface area contributed by atoms with Gasteiger partial charge in [0, 0.05) is 19.6 Å². The van der Waals surface area contributed by atoms with Crippen molar-refractivity contribution in [3.05, 3.63) is 35.9 Å². The van der Waals surface area contributed by atoms with Crippen molar-refractivity contribution in [2.75, 3.05) is 7.05 Å². The molecule has 0 aromatic heterocycles. The molecule has 28 heavy (non-hydrogen) atoms. The van der Waals surface area contributed by atoms with Gasteiger partial charge in [-0.15, -0.1) is 0 Å². The first kappa shape index (κ1) is 21.2. The van der Waals surface area contributed by atoms with Crippen LogP contribution in [0.5, 0.6) is 0 Å². The Morgan fingerprint density at radius 3 is 2.21 bits per heavy atom. The molecule has 0 spiro atoms. The van der Waals surface area contributed by atoms with Crippen molar-refractivity contribution < 1.29 is 19.4 Å². The number of carbonyl (C=O) groups excluding carboxylic acids is 1. The molecular weight excluding hydrogens is 356 g/mol. The summed E-state index contributed by atoms with van der Waals surface area (Å²) in [4.78, 5) is 14.9. The van der Waals surface area contributed by atoms with Gasteiger partial charge in [0.15, 0.2) is 0 Å². The predicted octanol–water partition coefficient (Wildman–Crippen LogP) is 2.10. The van der Waals surface area contributed by atoms with Crippen molar-refractivity contribution in [3.63, 3.8) is 0 Å². The van der Waals surface area contributed by atoms with E-state index < -0.39 is 29.5 Å². The molecule has 2 aliphatic heterocycles. The number of fused-ring (bicyclic) bond motifs is 1. The Morgan fingerprint density at radius 1 is 1.11 bits per heavy atom. The first-order valence-electron chi connectivity index (χ1n) is 10.2. The van der Waals surface area contributed by atoms with E-state index >= 15 is 0 Å². The molecule has 1 aromatic carbocycles. The number of amides is 1. The lowest BCUT2D eigenvalue weighted by molar-refractivity contribution is -0.337. The van der Waals surface area contributed by atoms with Crippen LogP contribution in [-0.2, 0) is 20.8 Å². The molecule has 0 unspecified atom stereocenters. The molecule has 6 heteroatoms. The monoisotopic (exact) mass is 390 g/mol. The molecule has 2 saturated heterocycles. The number of piperidine rings is 1. The summed E-state index contributed by atoms with van der Waals surface area (Å²) in [6.45, 7) is 10.6. The Balaban J connectivity index is 2.01. The molecule has 156 valence electrons. The van der Waals surface area contributed by atoms with Crippen LogP contribution >= 0.6 is 0 Å². The van der Waals surface area contributed by atoms with Crippen molar-refractivity contribution in [1.29, 1.82) is 0 Å². The topological polar surface area (TPSA) is 71.0 Å². The summed E-state index contributed by atoms with van der Waals surface area (Å²) in [5, 5.41) is 13.9. The number of nitrogens with one attached hydrogen (secondary N) is 1. The molecule has 1 aromatic rings. The van der Waals surface area contributed by atoms with Gasteiger partial charge in [0.2, 0.25) is 5.91 Å². The van der Waals surface area contributed by atoms with Gasteiger partial charge in [-0.2, -0.15) is 0 Å². The number of nitrogens with zero attached hydrogens (tertiary/aromatic N) is 1. The molecule has 1 amide bonds. The number of hydrogen-bond donors (Lipinski definition) is 2. The molecule has 6 nitrogen and oxygen atoms in total. The molecule has 5 atom stereocenters. The Labute approximate surface area is 168 Å². The summed E-state index contributed by atoms with van der Waals surface area (Å²) in [6.07, 6.45) is -1.06. The van der Waals surface area contributed by atoms with E-state index in [1.54, 1.807) is 7.05 Å². The van der Waals surface area contributed by atoms with Crippen molar-refractivity contribution in [2.45, 2.75) is 89.2 Å². The molecule has 3 rings (SSSR count). The zero-order valence-corrected chi connectivity index (χ0v) is 17.8. The van der Waals surface area contributed by atoms with Crippen LogP contribution in [0, 0.1) is 0 Å². The summed E-state index contributed by atoms with van der Waals surface area (Å²) in [5.41, 5.74) is -0.00110. The number of aliphatic hydroxyl groups excluding tert-OH is 1. The van der Waals surface area contributed by atoms with E-state index in [-0.39, 0.29) is 18.1 Å². The third kappa shape index (κ3) is 3.59. The summed E-state index contributed by atoms with van der Waals surface area (Å²) < 4.78 is 12.9. The number of rotatable bonds is 4. The normalized spacial score (nSPS) is 34.5. The van der Waals surface area contributed by atoms with Crippen LogP contribution in [0.4, 0.5) is 0 Å². The van der Waals surface area contributed by atoms with Crippen molar-refractivity contribution in [1.82, 2.24) is 10.2 Å². The third-order valence-corrected chi connectivity index (χ3v) is 6.60. The van der Waals surface area contributed by atoms with Crippen LogP contribution in [0.15, 0.2) is 30.3 Å². The predicted molar refractivity (Wildman–Crippen MR) is 108 cm³/mol. The number of ether oxygens (including phenoxy) is 2. The highest BCUT2D eigenvalue weighted by atomic mass is 16.6. The molecular formula is C22H34N2O4. The van der Waals surface area contributed by atoms with Crippen LogP contribution in [0.2, 0.25) is 0 Å². The average Bonchev–Trinajstić information content (AvgIpc) is 2.64. The van der Waals surface area contributed by atoms with Gasteiger partial charge in [0.1, 0.15) is 24.4 Å². The maximum atomic E-state index is 12.8. The molecule has 2 fully saturated rings. The molecule has 0 saturated carbocycles. The van der Waals surface area contributed by atoms with Gasteiger partial charge in [0.05, 0.1) is 11.2 Å². The number of likely N-dealkylation sites (tertiary alicyclic amines) is 1. The minimum absolute atomic E-state index is 0.0497. The third-order valence-electron chi connectivity index (χ3n) is 6.60. The van der Waals surface area contributed by atoms with Gasteiger partial charge in [-0.3, -0.25) is 9.69 Å². The van der Waals surface area contributed by atoms with Crippen LogP contribution < -0.4 is 5.32 Å². The van der Waals surface area contributed by atoms with E-state index in [2.05, 4.69) is 17.1 Å². The standard InChI is InChI=1S/C22H34N2O4/c1-7-15-18-19(28-22(4,5)21(2,3)27-18)17(25)16(20(26)23-6)24(15)13-14-11-9-8-10-12-14/h8-12,15-19,25H,7,13H2,1-6H3,(H,23,26)/t15-,16+,17-,18-,19-/m1/s1. The smallest absolute Gasteiger partial charge is 0.239 e. The van der Waals surface area contributed by atoms with E-state index in [9.17, 15) is 9.90 Å². The summed E-state index contributed by atoms with van der Waals surface area (Å²) in [6, 6.07) is 9.28.